The van der Waals surface area contributed by atoms with Gasteiger partial charge < -0.3 is 9.88 Å². The van der Waals surface area contributed by atoms with Crippen molar-refractivity contribution < 1.29 is 0 Å². The second-order valence-corrected chi connectivity index (χ2v) is 6.73. The maximum atomic E-state index is 6.25. The molecule has 0 atom stereocenters. The maximum absolute atomic E-state index is 6.25. The van der Waals surface area contributed by atoms with Crippen LogP contribution < -0.4 is 5.32 Å². The Morgan fingerprint density at radius 3 is 2.55 bits per heavy atom. The van der Waals surface area contributed by atoms with Crippen LogP contribution in [0.1, 0.15) is 32.0 Å². The zero-order valence-corrected chi connectivity index (χ0v) is 13.6. The van der Waals surface area contributed by atoms with Gasteiger partial charge in [-0.25, -0.2) is 0 Å². The van der Waals surface area contributed by atoms with Gasteiger partial charge in [0.25, 0.3) is 0 Å². The molecule has 1 aromatic carbocycles. The Morgan fingerprint density at radius 2 is 1.85 bits per heavy atom. The third-order valence-corrected chi connectivity index (χ3v) is 3.95. The summed E-state index contributed by atoms with van der Waals surface area (Å²) >= 11 is 12.3. The number of halogens is 2. The minimum absolute atomic E-state index is 0.100. The van der Waals surface area contributed by atoms with E-state index in [4.69, 9.17) is 23.2 Å². The third kappa shape index (κ3) is 4.02. The third-order valence-electron chi connectivity index (χ3n) is 3.10. The highest BCUT2D eigenvalue weighted by Gasteiger charge is 2.11. The second kappa shape index (κ2) is 6.21. The quantitative estimate of drug-likeness (QED) is 0.863. The number of nitrogens with one attached hydrogen (secondary N) is 1. The Kier molecular flexibility index (Phi) is 4.79. The van der Waals surface area contributed by atoms with Crippen LogP contribution in [-0.4, -0.2) is 10.1 Å². The van der Waals surface area contributed by atoms with Gasteiger partial charge in [-0.15, -0.1) is 0 Å². The van der Waals surface area contributed by atoms with Crippen LogP contribution in [0, 0.1) is 0 Å². The fourth-order valence-corrected chi connectivity index (χ4v) is 2.35. The molecular formula is C16H20Cl2N2. The minimum atomic E-state index is 0.100. The van der Waals surface area contributed by atoms with Crippen LogP contribution in [0.5, 0.6) is 0 Å². The summed E-state index contributed by atoms with van der Waals surface area (Å²) < 4.78 is 2.19. The molecule has 0 spiro atoms. The fraction of sp³-hybridized carbons (Fsp3) is 0.375. The summed E-state index contributed by atoms with van der Waals surface area (Å²) in [5.41, 5.74) is 2.37. The van der Waals surface area contributed by atoms with Crippen LogP contribution in [0.3, 0.4) is 0 Å². The molecule has 0 aliphatic rings. The van der Waals surface area contributed by atoms with Crippen molar-refractivity contribution in [3.05, 3.63) is 57.8 Å². The van der Waals surface area contributed by atoms with Gasteiger partial charge in [-0.3, -0.25) is 0 Å². The number of hydrogen-bond acceptors (Lipinski definition) is 1. The molecule has 0 saturated heterocycles. The molecule has 1 heterocycles. The predicted molar refractivity (Wildman–Crippen MR) is 86.6 cm³/mol. The highest BCUT2D eigenvalue weighted by molar-refractivity contribution is 6.42. The van der Waals surface area contributed by atoms with E-state index in [9.17, 15) is 0 Å². The van der Waals surface area contributed by atoms with E-state index in [-0.39, 0.29) is 5.54 Å². The maximum Gasteiger partial charge on any atom is 0.0642 e. The monoisotopic (exact) mass is 310 g/mol. The molecule has 108 valence electrons. The molecule has 1 N–H and O–H groups in total. The summed E-state index contributed by atoms with van der Waals surface area (Å²) in [7, 11) is 0. The Hall–Kier alpha value is -0.960. The topological polar surface area (TPSA) is 17.0 Å². The van der Waals surface area contributed by atoms with Gasteiger partial charge in [0.2, 0.25) is 0 Å². The first-order valence-corrected chi connectivity index (χ1v) is 7.44. The zero-order chi connectivity index (χ0) is 14.8. The molecule has 20 heavy (non-hydrogen) atoms. The molecule has 0 amide bonds. The minimum Gasteiger partial charge on any atom is -0.346 e. The number of nitrogens with zero attached hydrogens (tertiary/aromatic N) is 1. The van der Waals surface area contributed by atoms with Crippen molar-refractivity contribution in [2.24, 2.45) is 0 Å². The van der Waals surface area contributed by atoms with Gasteiger partial charge in [-0.05, 0) is 44.5 Å². The zero-order valence-electron chi connectivity index (χ0n) is 12.1. The SMILES string of the molecule is CC(C)(C)NCc1cccn1Cc1cccc(Cl)c1Cl. The van der Waals surface area contributed by atoms with Crippen LogP contribution in [0.2, 0.25) is 10.0 Å². The van der Waals surface area contributed by atoms with Crippen molar-refractivity contribution in [2.45, 2.75) is 39.4 Å². The summed E-state index contributed by atoms with van der Waals surface area (Å²) in [6, 6.07) is 9.93. The van der Waals surface area contributed by atoms with Crippen molar-refractivity contribution in [1.82, 2.24) is 9.88 Å². The Morgan fingerprint density at radius 1 is 1.10 bits per heavy atom. The Balaban J connectivity index is 2.14. The standard InChI is InChI=1S/C16H20Cl2N2/c1-16(2,3)19-10-13-7-5-9-20(13)11-12-6-4-8-14(17)15(12)18/h4-9,19H,10-11H2,1-3H3. The normalized spacial score (nSPS) is 11.8. The predicted octanol–water partition coefficient (Wildman–Crippen LogP) is 4.73. The van der Waals surface area contributed by atoms with Crippen LogP contribution >= 0.6 is 23.2 Å². The first-order chi connectivity index (χ1) is 9.37. The van der Waals surface area contributed by atoms with E-state index in [0.717, 1.165) is 18.7 Å². The van der Waals surface area contributed by atoms with Gasteiger partial charge in [-0.2, -0.15) is 0 Å². The van der Waals surface area contributed by atoms with Gasteiger partial charge in [0, 0.05) is 30.5 Å². The van der Waals surface area contributed by atoms with E-state index >= 15 is 0 Å². The molecule has 4 heteroatoms. The first-order valence-electron chi connectivity index (χ1n) is 6.69. The molecule has 2 aromatic rings. The molecule has 2 rings (SSSR count). The smallest absolute Gasteiger partial charge is 0.0642 e. The van der Waals surface area contributed by atoms with Gasteiger partial charge in [0.15, 0.2) is 0 Å². The molecule has 0 unspecified atom stereocenters. The lowest BCUT2D eigenvalue weighted by Gasteiger charge is -2.21. The van der Waals surface area contributed by atoms with E-state index in [2.05, 4.69) is 49.0 Å². The van der Waals surface area contributed by atoms with E-state index in [1.165, 1.54) is 5.69 Å². The molecule has 0 radical (unpaired) electrons. The van der Waals surface area contributed by atoms with E-state index < -0.39 is 0 Å². The Bertz CT molecular complexity index is 582. The van der Waals surface area contributed by atoms with Crippen molar-refractivity contribution in [3.8, 4) is 0 Å². The van der Waals surface area contributed by atoms with Crippen molar-refractivity contribution in [3.63, 3.8) is 0 Å². The average Bonchev–Trinajstić information content (AvgIpc) is 2.79. The molecule has 0 aliphatic heterocycles. The molecule has 0 aliphatic carbocycles. The molecule has 0 saturated carbocycles. The first kappa shape index (κ1) is 15.4. The number of rotatable bonds is 4. The summed E-state index contributed by atoms with van der Waals surface area (Å²) in [6.45, 7) is 8.04. The van der Waals surface area contributed by atoms with Crippen molar-refractivity contribution >= 4 is 23.2 Å². The Labute approximate surface area is 130 Å². The largest absolute Gasteiger partial charge is 0.346 e. The van der Waals surface area contributed by atoms with Crippen molar-refractivity contribution in [2.75, 3.05) is 0 Å². The second-order valence-electron chi connectivity index (χ2n) is 5.94. The van der Waals surface area contributed by atoms with Gasteiger partial charge >= 0.3 is 0 Å². The molecule has 0 bridgehead atoms. The lowest BCUT2D eigenvalue weighted by molar-refractivity contribution is 0.417. The summed E-state index contributed by atoms with van der Waals surface area (Å²) in [5, 5.41) is 4.74. The van der Waals surface area contributed by atoms with Crippen LogP contribution in [0.15, 0.2) is 36.5 Å². The van der Waals surface area contributed by atoms with Gasteiger partial charge in [0.1, 0.15) is 0 Å². The number of benzene rings is 1. The number of hydrogen-bond donors (Lipinski definition) is 1. The molecule has 1 aromatic heterocycles. The highest BCUT2D eigenvalue weighted by Crippen LogP contribution is 2.26. The molecule has 2 nitrogen and oxygen atoms in total. The van der Waals surface area contributed by atoms with Crippen LogP contribution in [-0.2, 0) is 13.1 Å². The lowest BCUT2D eigenvalue weighted by Crippen LogP contribution is -2.35. The van der Waals surface area contributed by atoms with E-state index in [1.807, 2.05) is 18.2 Å². The molecular weight excluding hydrogens is 291 g/mol. The highest BCUT2D eigenvalue weighted by atomic mass is 35.5. The van der Waals surface area contributed by atoms with Gasteiger partial charge in [-0.1, -0.05) is 35.3 Å². The lowest BCUT2D eigenvalue weighted by atomic mass is 10.1. The summed E-state index contributed by atoms with van der Waals surface area (Å²) in [4.78, 5) is 0. The van der Waals surface area contributed by atoms with E-state index in [1.54, 1.807) is 0 Å². The summed E-state index contributed by atoms with van der Waals surface area (Å²) in [5.74, 6) is 0. The van der Waals surface area contributed by atoms with Gasteiger partial charge in [0.05, 0.1) is 10.0 Å². The van der Waals surface area contributed by atoms with Crippen LogP contribution in [0.4, 0.5) is 0 Å². The average molecular weight is 311 g/mol. The summed E-state index contributed by atoms with van der Waals surface area (Å²) in [6.07, 6.45) is 2.07. The fourth-order valence-electron chi connectivity index (χ4n) is 1.97. The van der Waals surface area contributed by atoms with Crippen molar-refractivity contribution in [1.29, 1.82) is 0 Å². The van der Waals surface area contributed by atoms with Crippen LogP contribution in [0.25, 0.3) is 0 Å². The number of aromatic nitrogens is 1. The van der Waals surface area contributed by atoms with E-state index in [0.29, 0.717) is 10.0 Å². The molecule has 0 fully saturated rings.